The minimum Gasteiger partial charge on any atom is -0.383 e. The third-order valence-corrected chi connectivity index (χ3v) is 5.34. The lowest BCUT2D eigenvalue weighted by Crippen LogP contribution is -2.02. The van der Waals surface area contributed by atoms with Crippen molar-refractivity contribution in [1.29, 1.82) is 0 Å². The normalized spacial score (nSPS) is 11.4. The van der Waals surface area contributed by atoms with Gasteiger partial charge in [-0.1, -0.05) is 18.2 Å². The Hall–Kier alpha value is -3.45. The second kappa shape index (κ2) is 5.53. The predicted molar refractivity (Wildman–Crippen MR) is 106 cm³/mol. The molecule has 0 amide bonds. The summed E-state index contributed by atoms with van der Waals surface area (Å²) in [6.45, 7) is 0. The van der Waals surface area contributed by atoms with Gasteiger partial charge in [0.05, 0.1) is 27.0 Å². The second-order valence-corrected chi connectivity index (χ2v) is 6.96. The number of nitrogens with two attached hydrogens (primary N) is 2. The van der Waals surface area contributed by atoms with Gasteiger partial charge in [-0.3, -0.25) is 4.98 Å². The first-order chi connectivity index (χ1) is 12.7. The molecule has 0 fully saturated rings. The Bertz CT molecular complexity index is 1240. The molecule has 0 radical (unpaired) electrons. The zero-order valence-electron chi connectivity index (χ0n) is 13.6. The Balaban J connectivity index is 1.68. The summed E-state index contributed by atoms with van der Waals surface area (Å²) in [4.78, 5) is 9.00. The maximum Gasteiger partial charge on any atom is 0.158 e. The third-order valence-electron chi connectivity index (χ3n) is 4.29. The fraction of sp³-hybridized carbons (Fsp3) is 0. The van der Waals surface area contributed by atoms with Crippen LogP contribution in [-0.4, -0.2) is 19.7 Å². The Kier molecular flexibility index (Phi) is 3.16. The van der Waals surface area contributed by atoms with Crippen LogP contribution in [0.2, 0.25) is 0 Å². The Morgan fingerprint density at radius 2 is 1.81 bits per heavy atom. The topological polar surface area (TPSA) is 95.6 Å². The molecule has 0 unspecified atom stereocenters. The van der Waals surface area contributed by atoms with Crippen LogP contribution in [0.1, 0.15) is 0 Å². The SMILES string of the molecule is Nc1nn(-c2ccc3ncccc3c2)c(N)c1-c1nc2ccccc2s1. The van der Waals surface area contributed by atoms with E-state index in [1.807, 2.05) is 54.6 Å². The summed E-state index contributed by atoms with van der Waals surface area (Å²) < 4.78 is 2.74. The number of nitrogen functional groups attached to an aromatic ring is 2. The van der Waals surface area contributed by atoms with Gasteiger partial charge < -0.3 is 11.5 Å². The van der Waals surface area contributed by atoms with Crippen LogP contribution in [0.4, 0.5) is 11.6 Å². The van der Waals surface area contributed by atoms with Crippen molar-refractivity contribution in [2.45, 2.75) is 0 Å². The van der Waals surface area contributed by atoms with Crippen LogP contribution in [0.25, 0.3) is 37.4 Å². The van der Waals surface area contributed by atoms with Gasteiger partial charge in [-0.15, -0.1) is 16.4 Å². The van der Waals surface area contributed by atoms with Gasteiger partial charge in [0, 0.05) is 11.6 Å². The molecule has 5 aromatic rings. The lowest BCUT2D eigenvalue weighted by Gasteiger charge is -2.05. The standard InChI is InChI=1S/C19H14N6S/c20-17-16(19-23-14-5-1-2-6-15(14)26-19)18(21)25(24-17)12-7-8-13-11(10-12)4-3-9-22-13/h1-10H,21H2,(H2,20,24). The molecule has 3 aromatic heterocycles. The van der Waals surface area contributed by atoms with E-state index in [0.717, 1.165) is 31.8 Å². The second-order valence-electron chi connectivity index (χ2n) is 5.92. The summed E-state index contributed by atoms with van der Waals surface area (Å²) >= 11 is 1.56. The Morgan fingerprint density at radius 1 is 0.923 bits per heavy atom. The summed E-state index contributed by atoms with van der Waals surface area (Å²) in [7, 11) is 0. The highest BCUT2D eigenvalue weighted by Gasteiger charge is 2.20. The maximum atomic E-state index is 6.41. The van der Waals surface area contributed by atoms with E-state index in [9.17, 15) is 0 Å². The van der Waals surface area contributed by atoms with Crippen molar-refractivity contribution in [3.63, 3.8) is 0 Å². The van der Waals surface area contributed by atoms with Gasteiger partial charge in [0.2, 0.25) is 0 Å². The molecule has 5 rings (SSSR count). The van der Waals surface area contributed by atoms with E-state index in [-0.39, 0.29) is 0 Å². The summed E-state index contributed by atoms with van der Waals surface area (Å²) in [6, 6.07) is 17.7. The number of rotatable bonds is 2. The molecule has 0 spiro atoms. The molecule has 2 aromatic carbocycles. The first kappa shape index (κ1) is 14.9. The fourth-order valence-corrected chi connectivity index (χ4v) is 4.07. The van der Waals surface area contributed by atoms with E-state index in [0.29, 0.717) is 17.2 Å². The third kappa shape index (κ3) is 2.21. The molecule has 0 aliphatic rings. The van der Waals surface area contributed by atoms with Crippen LogP contribution in [-0.2, 0) is 0 Å². The van der Waals surface area contributed by atoms with Gasteiger partial charge in [-0.05, 0) is 36.4 Å². The van der Waals surface area contributed by atoms with Crippen molar-refractivity contribution < 1.29 is 0 Å². The molecule has 0 aliphatic heterocycles. The number of thiazole rings is 1. The lowest BCUT2D eigenvalue weighted by molar-refractivity contribution is 0.898. The predicted octanol–water partition coefficient (Wildman–Crippen LogP) is 3.86. The van der Waals surface area contributed by atoms with Gasteiger partial charge in [-0.2, -0.15) is 0 Å². The van der Waals surface area contributed by atoms with Crippen molar-refractivity contribution in [1.82, 2.24) is 19.7 Å². The van der Waals surface area contributed by atoms with Gasteiger partial charge >= 0.3 is 0 Å². The molecule has 26 heavy (non-hydrogen) atoms. The molecular weight excluding hydrogens is 344 g/mol. The van der Waals surface area contributed by atoms with Gasteiger partial charge in [0.15, 0.2) is 5.82 Å². The fourth-order valence-electron chi connectivity index (χ4n) is 3.04. The molecule has 0 atom stereocenters. The monoisotopic (exact) mass is 358 g/mol. The molecule has 6 nitrogen and oxygen atoms in total. The highest BCUT2D eigenvalue weighted by Crippen LogP contribution is 2.38. The smallest absolute Gasteiger partial charge is 0.158 e. The molecule has 7 heteroatoms. The number of hydrogen-bond acceptors (Lipinski definition) is 6. The van der Waals surface area contributed by atoms with Crippen LogP contribution < -0.4 is 11.5 Å². The van der Waals surface area contributed by atoms with Crippen molar-refractivity contribution in [2.75, 3.05) is 11.5 Å². The van der Waals surface area contributed by atoms with Crippen LogP contribution >= 0.6 is 11.3 Å². The number of pyridine rings is 1. The van der Waals surface area contributed by atoms with Gasteiger partial charge in [0.25, 0.3) is 0 Å². The minimum absolute atomic E-state index is 0.368. The van der Waals surface area contributed by atoms with E-state index in [1.165, 1.54) is 0 Å². The van der Waals surface area contributed by atoms with E-state index in [2.05, 4.69) is 15.1 Å². The molecule has 3 heterocycles. The average Bonchev–Trinajstić information content (AvgIpc) is 3.21. The first-order valence-corrected chi connectivity index (χ1v) is 8.87. The summed E-state index contributed by atoms with van der Waals surface area (Å²) in [5.41, 5.74) is 16.0. The quantitative estimate of drug-likeness (QED) is 0.499. The zero-order valence-corrected chi connectivity index (χ0v) is 14.4. The molecule has 0 bridgehead atoms. The van der Waals surface area contributed by atoms with E-state index >= 15 is 0 Å². The number of nitrogens with zero attached hydrogens (tertiary/aromatic N) is 4. The molecule has 0 aliphatic carbocycles. The summed E-state index contributed by atoms with van der Waals surface area (Å²) in [6.07, 6.45) is 1.77. The first-order valence-electron chi connectivity index (χ1n) is 8.06. The molecule has 4 N–H and O–H groups in total. The highest BCUT2D eigenvalue weighted by atomic mass is 32.1. The number of fused-ring (bicyclic) bond motifs is 2. The molecule has 0 saturated heterocycles. The van der Waals surface area contributed by atoms with E-state index in [4.69, 9.17) is 11.5 Å². The van der Waals surface area contributed by atoms with Gasteiger partial charge in [-0.25, -0.2) is 9.67 Å². The van der Waals surface area contributed by atoms with Crippen molar-refractivity contribution in [2.24, 2.45) is 0 Å². The van der Waals surface area contributed by atoms with Crippen LogP contribution in [0.5, 0.6) is 0 Å². The average molecular weight is 358 g/mol. The molecule has 126 valence electrons. The number of aromatic nitrogens is 4. The van der Waals surface area contributed by atoms with Crippen molar-refractivity contribution >= 4 is 44.1 Å². The molecular formula is C19H14N6S. The van der Waals surface area contributed by atoms with E-state index in [1.54, 1.807) is 22.2 Å². The lowest BCUT2D eigenvalue weighted by atomic mass is 10.2. The number of hydrogen-bond donors (Lipinski definition) is 2. The zero-order chi connectivity index (χ0) is 17.7. The number of anilines is 2. The number of para-hydroxylation sites is 1. The maximum absolute atomic E-state index is 6.41. The number of benzene rings is 2. The van der Waals surface area contributed by atoms with Crippen LogP contribution in [0.15, 0.2) is 60.8 Å². The Labute approximate surface area is 152 Å². The van der Waals surface area contributed by atoms with Crippen LogP contribution in [0.3, 0.4) is 0 Å². The van der Waals surface area contributed by atoms with Crippen molar-refractivity contribution in [3.8, 4) is 16.3 Å². The van der Waals surface area contributed by atoms with Crippen molar-refractivity contribution in [3.05, 3.63) is 60.8 Å². The van der Waals surface area contributed by atoms with E-state index < -0.39 is 0 Å². The Morgan fingerprint density at radius 3 is 2.69 bits per heavy atom. The van der Waals surface area contributed by atoms with Crippen LogP contribution in [0, 0.1) is 0 Å². The molecule has 0 saturated carbocycles. The minimum atomic E-state index is 0.368. The van der Waals surface area contributed by atoms with Gasteiger partial charge in [0.1, 0.15) is 10.8 Å². The largest absolute Gasteiger partial charge is 0.383 e. The summed E-state index contributed by atoms with van der Waals surface area (Å²) in [5, 5.41) is 6.24. The highest BCUT2D eigenvalue weighted by molar-refractivity contribution is 7.21. The summed E-state index contributed by atoms with van der Waals surface area (Å²) in [5.74, 6) is 0.845.